The lowest BCUT2D eigenvalue weighted by Gasteiger charge is -2.36. The number of amides is 2. The number of oxime groups is 1. The van der Waals surface area contributed by atoms with Gasteiger partial charge in [0.1, 0.15) is 11.3 Å². The Morgan fingerprint density at radius 2 is 1.92 bits per heavy atom. The topological polar surface area (TPSA) is 161 Å². The van der Waals surface area contributed by atoms with Gasteiger partial charge in [-0.05, 0) is 32.3 Å². The number of non-ortho nitro benzene ring substituents is 1. The van der Waals surface area contributed by atoms with Crippen molar-refractivity contribution in [3.63, 3.8) is 0 Å². The van der Waals surface area contributed by atoms with Crippen molar-refractivity contribution in [3.05, 3.63) is 33.9 Å². The zero-order valence-electron chi connectivity index (χ0n) is 20.8. The van der Waals surface area contributed by atoms with Crippen LogP contribution >= 0.6 is 0 Å². The summed E-state index contributed by atoms with van der Waals surface area (Å²) in [6, 6.07) is 3.70. The van der Waals surface area contributed by atoms with E-state index in [1.54, 1.807) is 18.7 Å². The van der Waals surface area contributed by atoms with Gasteiger partial charge in [-0.1, -0.05) is 11.2 Å². The summed E-state index contributed by atoms with van der Waals surface area (Å²) in [7, 11) is -3.94. The number of likely N-dealkylation sites (tertiary alicyclic amines) is 1. The molecule has 2 amide bonds. The summed E-state index contributed by atoms with van der Waals surface area (Å²) in [4.78, 5) is 42.4. The van der Waals surface area contributed by atoms with Crippen LogP contribution in [0.25, 0.3) is 0 Å². The Labute approximate surface area is 215 Å². The molecular formula is C23H31N5O8S. The number of carbonyl (C=O) groups excluding carboxylic acids is 2. The largest absolute Gasteiger partial charge is 0.450 e. The first-order valence-electron chi connectivity index (χ1n) is 12.3. The van der Waals surface area contributed by atoms with Crippen molar-refractivity contribution < 1.29 is 32.5 Å². The van der Waals surface area contributed by atoms with Crippen LogP contribution in [0.5, 0.6) is 0 Å². The lowest BCUT2D eigenvalue weighted by atomic mass is 9.87. The van der Waals surface area contributed by atoms with Crippen molar-refractivity contribution in [1.29, 1.82) is 0 Å². The second kappa shape index (κ2) is 10.6. The average molecular weight is 538 g/mol. The van der Waals surface area contributed by atoms with Crippen LogP contribution < -0.4 is 5.32 Å². The smallest absolute Gasteiger partial charge is 0.409 e. The molecule has 4 rings (SSSR count). The molecule has 0 aromatic heterocycles. The minimum absolute atomic E-state index is 0.0877. The maximum absolute atomic E-state index is 13.2. The minimum Gasteiger partial charge on any atom is -0.450 e. The maximum Gasteiger partial charge on any atom is 0.409 e. The van der Waals surface area contributed by atoms with Crippen LogP contribution in [0.3, 0.4) is 0 Å². The molecule has 0 unspecified atom stereocenters. The number of sulfonamides is 1. The lowest BCUT2D eigenvalue weighted by Crippen LogP contribution is -2.49. The van der Waals surface area contributed by atoms with Gasteiger partial charge in [-0.15, -0.1) is 0 Å². The number of nitro benzene ring substituents is 1. The Morgan fingerprint density at radius 3 is 2.54 bits per heavy atom. The molecule has 2 saturated heterocycles. The van der Waals surface area contributed by atoms with E-state index in [0.717, 1.165) is 6.07 Å². The maximum atomic E-state index is 13.2. The quantitative estimate of drug-likeness (QED) is 0.425. The summed E-state index contributed by atoms with van der Waals surface area (Å²) in [5.41, 5.74) is -0.353. The molecule has 202 valence electrons. The molecule has 1 aromatic rings. The first-order chi connectivity index (χ1) is 17.5. The summed E-state index contributed by atoms with van der Waals surface area (Å²) in [5, 5.41) is 18.1. The molecule has 1 spiro atoms. The minimum atomic E-state index is -3.94. The van der Waals surface area contributed by atoms with Gasteiger partial charge in [-0.2, -0.15) is 4.31 Å². The highest BCUT2D eigenvalue weighted by Gasteiger charge is 2.46. The Hall–Kier alpha value is -3.26. The van der Waals surface area contributed by atoms with Gasteiger partial charge in [-0.3, -0.25) is 14.9 Å². The number of nitrogens with zero attached hydrogens (tertiary/aromatic N) is 4. The molecule has 3 aliphatic heterocycles. The summed E-state index contributed by atoms with van der Waals surface area (Å²) in [5.74, 6) is -0.325. The highest BCUT2D eigenvalue weighted by Crippen LogP contribution is 2.37. The molecule has 0 bridgehead atoms. The fourth-order valence-electron chi connectivity index (χ4n) is 4.85. The third-order valence-corrected chi connectivity index (χ3v) is 9.13. The summed E-state index contributed by atoms with van der Waals surface area (Å²) in [6.07, 6.45) is 1.79. The van der Waals surface area contributed by atoms with Gasteiger partial charge in [0, 0.05) is 63.6 Å². The number of rotatable bonds is 6. The van der Waals surface area contributed by atoms with Gasteiger partial charge in [0.25, 0.3) is 11.6 Å². The van der Waals surface area contributed by atoms with E-state index in [9.17, 15) is 28.1 Å². The number of ether oxygens (including phenoxy) is 1. The van der Waals surface area contributed by atoms with Crippen LogP contribution in [0.4, 0.5) is 10.5 Å². The highest BCUT2D eigenvalue weighted by molar-refractivity contribution is 7.89. The number of carbonyl (C=O) groups is 2. The molecule has 3 aliphatic rings. The zero-order chi connectivity index (χ0) is 26.8. The molecule has 1 aromatic carbocycles. The van der Waals surface area contributed by atoms with E-state index in [1.807, 2.05) is 0 Å². The van der Waals surface area contributed by atoms with E-state index in [4.69, 9.17) is 9.57 Å². The van der Waals surface area contributed by atoms with Gasteiger partial charge < -0.3 is 19.8 Å². The molecule has 0 aliphatic carbocycles. The van der Waals surface area contributed by atoms with Crippen molar-refractivity contribution in [2.24, 2.45) is 5.16 Å². The summed E-state index contributed by atoms with van der Waals surface area (Å²) < 4.78 is 32.7. The van der Waals surface area contributed by atoms with Gasteiger partial charge >= 0.3 is 6.09 Å². The highest BCUT2D eigenvalue weighted by atomic mass is 32.2. The number of nitrogens with one attached hydrogen (secondary N) is 1. The lowest BCUT2D eigenvalue weighted by molar-refractivity contribution is -0.385. The van der Waals surface area contributed by atoms with Crippen LogP contribution in [0.2, 0.25) is 0 Å². The van der Waals surface area contributed by atoms with E-state index < -0.39 is 20.5 Å². The van der Waals surface area contributed by atoms with Crippen molar-refractivity contribution >= 4 is 33.4 Å². The van der Waals surface area contributed by atoms with Crippen LogP contribution in [0, 0.1) is 17.0 Å². The monoisotopic (exact) mass is 537 g/mol. The van der Waals surface area contributed by atoms with Crippen molar-refractivity contribution in [2.45, 2.75) is 62.5 Å². The van der Waals surface area contributed by atoms with Gasteiger partial charge in [0.2, 0.25) is 10.0 Å². The Morgan fingerprint density at radius 1 is 1.24 bits per heavy atom. The van der Waals surface area contributed by atoms with Crippen LogP contribution in [0.15, 0.2) is 28.3 Å². The van der Waals surface area contributed by atoms with Crippen LogP contribution in [-0.4, -0.2) is 84.7 Å². The first-order valence-corrected chi connectivity index (χ1v) is 13.7. The van der Waals surface area contributed by atoms with E-state index in [2.05, 4.69) is 10.5 Å². The van der Waals surface area contributed by atoms with Crippen LogP contribution in [0.1, 0.15) is 44.6 Å². The summed E-state index contributed by atoms with van der Waals surface area (Å²) in [6.45, 7) is 4.93. The number of hydrogen-bond donors (Lipinski definition) is 1. The normalized spacial score (nSPS) is 20.3. The Balaban J connectivity index is 1.30. The van der Waals surface area contributed by atoms with Gasteiger partial charge in [-0.25, -0.2) is 13.2 Å². The fourth-order valence-corrected chi connectivity index (χ4v) is 6.54. The SMILES string of the molecule is CCOC(=O)N1CCC(NC(=O)C2=NOC3(CCN(S(=O)(=O)c4cc([N+](=O)[O-])ccc4C)CC3)C2)CC1. The molecule has 0 radical (unpaired) electrons. The van der Waals surface area contributed by atoms with Crippen molar-refractivity contribution in [1.82, 2.24) is 14.5 Å². The molecule has 2 fully saturated rings. The van der Waals surface area contributed by atoms with E-state index >= 15 is 0 Å². The van der Waals surface area contributed by atoms with E-state index in [1.165, 1.54) is 16.4 Å². The zero-order valence-corrected chi connectivity index (χ0v) is 21.7. The van der Waals surface area contributed by atoms with Gasteiger partial charge in [0.05, 0.1) is 16.4 Å². The molecule has 1 N–H and O–H groups in total. The second-order valence-corrected chi connectivity index (χ2v) is 11.4. The Bertz CT molecular complexity index is 1200. The third-order valence-electron chi connectivity index (χ3n) is 7.09. The van der Waals surface area contributed by atoms with Crippen LogP contribution in [-0.2, 0) is 24.4 Å². The van der Waals surface area contributed by atoms with E-state index in [0.29, 0.717) is 50.9 Å². The molecule has 3 heterocycles. The van der Waals surface area contributed by atoms with Crippen molar-refractivity contribution in [3.8, 4) is 0 Å². The number of nitro groups is 1. The van der Waals surface area contributed by atoms with Crippen molar-refractivity contribution in [2.75, 3.05) is 32.8 Å². The predicted octanol–water partition coefficient (Wildman–Crippen LogP) is 1.94. The molecule has 0 atom stereocenters. The number of benzene rings is 1. The molecule has 13 nitrogen and oxygen atoms in total. The molecule has 14 heteroatoms. The third kappa shape index (κ3) is 5.69. The predicted molar refractivity (Wildman–Crippen MR) is 131 cm³/mol. The van der Waals surface area contributed by atoms with E-state index in [-0.39, 0.29) is 53.8 Å². The summed E-state index contributed by atoms with van der Waals surface area (Å²) >= 11 is 0. The first kappa shape index (κ1) is 26.8. The second-order valence-electron chi connectivity index (χ2n) is 9.53. The fraction of sp³-hybridized carbons (Fsp3) is 0.609. The number of piperidine rings is 2. The molecule has 0 saturated carbocycles. The average Bonchev–Trinajstić information content (AvgIpc) is 3.28. The Kier molecular flexibility index (Phi) is 7.69. The van der Waals surface area contributed by atoms with Gasteiger partial charge in [0.15, 0.2) is 0 Å². The number of aryl methyl sites for hydroxylation is 1. The standard InChI is InChI=1S/C23H31N5O8S/c1-3-35-22(30)26-10-6-17(7-11-26)24-21(29)19-15-23(36-25-19)8-12-27(13-9-23)37(33,34)20-14-18(28(31)32)5-4-16(20)2/h4-5,14,17H,3,6-13,15H2,1-2H3,(H,24,29). The molecular weight excluding hydrogens is 506 g/mol. The molecule has 37 heavy (non-hydrogen) atoms. The number of hydrogen-bond acceptors (Lipinski definition) is 9.